The fraction of sp³-hybridized carbons (Fsp3) is 0.333. The summed E-state index contributed by atoms with van der Waals surface area (Å²) in [6.07, 6.45) is 0. The summed E-state index contributed by atoms with van der Waals surface area (Å²) in [4.78, 5) is 12.6. The van der Waals surface area contributed by atoms with E-state index < -0.39 is 0 Å². The van der Waals surface area contributed by atoms with E-state index in [1.165, 1.54) is 11.3 Å². The lowest BCUT2D eigenvalue weighted by Crippen LogP contribution is -2.21. The SMILES string of the molecule is CCN(Cc1csc([N+](=O)[O-])c1)Cc1ccc2c(c1)OCO2. The van der Waals surface area contributed by atoms with Crippen LogP contribution < -0.4 is 9.47 Å². The Morgan fingerprint density at radius 2 is 2.00 bits per heavy atom. The third-order valence-electron chi connectivity index (χ3n) is 3.52. The van der Waals surface area contributed by atoms with Crippen LogP contribution >= 0.6 is 11.3 Å². The van der Waals surface area contributed by atoms with Gasteiger partial charge in [0.05, 0.1) is 4.92 Å². The van der Waals surface area contributed by atoms with Gasteiger partial charge in [-0.1, -0.05) is 24.3 Å². The monoisotopic (exact) mass is 320 g/mol. The highest BCUT2D eigenvalue weighted by atomic mass is 32.1. The number of fused-ring (bicyclic) bond motifs is 1. The molecule has 6 nitrogen and oxygen atoms in total. The van der Waals surface area contributed by atoms with Crippen LogP contribution in [0.3, 0.4) is 0 Å². The number of hydrogen-bond acceptors (Lipinski definition) is 6. The molecule has 22 heavy (non-hydrogen) atoms. The molecule has 0 saturated heterocycles. The number of nitro groups is 1. The van der Waals surface area contributed by atoms with E-state index >= 15 is 0 Å². The van der Waals surface area contributed by atoms with Gasteiger partial charge in [0.1, 0.15) is 0 Å². The summed E-state index contributed by atoms with van der Waals surface area (Å²) in [5, 5.41) is 12.8. The molecule has 2 heterocycles. The standard InChI is InChI=1S/C15H16N2O4S/c1-2-16(8-12-6-15(17(18)19)22-9-12)7-11-3-4-13-14(5-11)21-10-20-13/h3-6,9H,2,7-8,10H2,1H3. The lowest BCUT2D eigenvalue weighted by Gasteiger charge is -2.19. The Balaban J connectivity index is 1.67. The first kappa shape index (κ1) is 14.8. The van der Waals surface area contributed by atoms with E-state index in [1.807, 2.05) is 23.6 Å². The molecule has 116 valence electrons. The molecule has 0 aliphatic carbocycles. The van der Waals surface area contributed by atoms with Gasteiger partial charge in [0.2, 0.25) is 6.79 Å². The Morgan fingerprint density at radius 1 is 1.23 bits per heavy atom. The van der Waals surface area contributed by atoms with Crippen molar-refractivity contribution in [1.82, 2.24) is 4.90 Å². The Labute approximate surface area is 132 Å². The van der Waals surface area contributed by atoms with Gasteiger partial charge >= 0.3 is 5.00 Å². The Bertz CT molecular complexity index is 686. The van der Waals surface area contributed by atoms with Crippen molar-refractivity contribution in [2.75, 3.05) is 13.3 Å². The van der Waals surface area contributed by atoms with Gasteiger partial charge in [0.25, 0.3) is 0 Å². The van der Waals surface area contributed by atoms with E-state index in [4.69, 9.17) is 9.47 Å². The van der Waals surface area contributed by atoms with Crippen LogP contribution in [0, 0.1) is 10.1 Å². The number of rotatable bonds is 6. The third kappa shape index (κ3) is 3.20. The van der Waals surface area contributed by atoms with Crippen molar-refractivity contribution >= 4 is 16.3 Å². The summed E-state index contributed by atoms with van der Waals surface area (Å²) in [6, 6.07) is 7.57. The average Bonchev–Trinajstić information content (AvgIpc) is 3.14. The van der Waals surface area contributed by atoms with Crippen LogP contribution in [-0.4, -0.2) is 23.2 Å². The quantitative estimate of drug-likeness (QED) is 0.603. The predicted octanol–water partition coefficient (Wildman–Crippen LogP) is 3.41. The summed E-state index contributed by atoms with van der Waals surface area (Å²) in [5.41, 5.74) is 2.11. The second-order valence-corrected chi connectivity index (χ2v) is 5.93. The Hall–Kier alpha value is -2.12. The molecule has 0 unspecified atom stereocenters. The maximum atomic E-state index is 10.7. The minimum absolute atomic E-state index is 0.189. The Morgan fingerprint density at radius 3 is 2.73 bits per heavy atom. The number of benzene rings is 1. The second-order valence-electron chi connectivity index (χ2n) is 5.04. The predicted molar refractivity (Wildman–Crippen MR) is 83.3 cm³/mol. The normalized spacial score (nSPS) is 12.8. The first-order chi connectivity index (χ1) is 10.7. The molecule has 3 rings (SSSR count). The van der Waals surface area contributed by atoms with Gasteiger partial charge in [0.15, 0.2) is 11.5 Å². The molecule has 0 fully saturated rings. The van der Waals surface area contributed by atoms with Crippen molar-refractivity contribution < 1.29 is 14.4 Å². The van der Waals surface area contributed by atoms with Crippen molar-refractivity contribution in [2.45, 2.75) is 20.0 Å². The zero-order chi connectivity index (χ0) is 15.5. The van der Waals surface area contributed by atoms with E-state index in [2.05, 4.69) is 11.8 Å². The molecule has 0 N–H and O–H groups in total. The van der Waals surface area contributed by atoms with E-state index in [-0.39, 0.29) is 16.7 Å². The van der Waals surface area contributed by atoms with Crippen LogP contribution in [0.2, 0.25) is 0 Å². The molecule has 0 radical (unpaired) electrons. The van der Waals surface area contributed by atoms with Gasteiger partial charge in [-0.3, -0.25) is 15.0 Å². The molecule has 0 saturated carbocycles. The molecule has 1 aliphatic heterocycles. The van der Waals surface area contributed by atoms with Crippen LogP contribution in [0.15, 0.2) is 29.6 Å². The number of thiophene rings is 1. The molecule has 1 aliphatic rings. The van der Waals surface area contributed by atoms with Gasteiger partial charge in [-0.05, 0) is 29.8 Å². The maximum absolute atomic E-state index is 10.7. The second kappa shape index (κ2) is 6.33. The lowest BCUT2D eigenvalue weighted by molar-refractivity contribution is -0.380. The molecule has 2 aromatic rings. The number of ether oxygens (including phenoxy) is 2. The lowest BCUT2D eigenvalue weighted by atomic mass is 10.2. The van der Waals surface area contributed by atoms with Crippen LogP contribution in [0.5, 0.6) is 11.5 Å². The van der Waals surface area contributed by atoms with E-state index in [1.54, 1.807) is 6.07 Å². The molecular weight excluding hydrogens is 304 g/mol. The van der Waals surface area contributed by atoms with Gasteiger partial charge in [-0.25, -0.2) is 0 Å². The minimum Gasteiger partial charge on any atom is -0.454 e. The van der Waals surface area contributed by atoms with Crippen molar-refractivity contribution in [3.05, 3.63) is 50.9 Å². The van der Waals surface area contributed by atoms with Gasteiger partial charge in [-0.2, -0.15) is 0 Å². The van der Waals surface area contributed by atoms with Crippen LogP contribution in [0.1, 0.15) is 18.1 Å². The molecule has 1 aromatic heterocycles. The summed E-state index contributed by atoms with van der Waals surface area (Å²) in [5.74, 6) is 1.56. The fourth-order valence-corrected chi connectivity index (χ4v) is 3.10. The topological polar surface area (TPSA) is 64.8 Å². The molecule has 0 amide bonds. The van der Waals surface area contributed by atoms with Crippen LogP contribution in [0.4, 0.5) is 5.00 Å². The highest BCUT2D eigenvalue weighted by Crippen LogP contribution is 2.33. The van der Waals surface area contributed by atoms with Gasteiger partial charge in [-0.15, -0.1) is 0 Å². The van der Waals surface area contributed by atoms with Crippen molar-refractivity contribution in [1.29, 1.82) is 0 Å². The summed E-state index contributed by atoms with van der Waals surface area (Å²) >= 11 is 1.17. The maximum Gasteiger partial charge on any atom is 0.324 e. The van der Waals surface area contributed by atoms with Crippen LogP contribution in [0.25, 0.3) is 0 Å². The number of hydrogen-bond donors (Lipinski definition) is 0. The zero-order valence-corrected chi connectivity index (χ0v) is 13.0. The van der Waals surface area contributed by atoms with E-state index in [9.17, 15) is 10.1 Å². The van der Waals surface area contributed by atoms with E-state index in [0.717, 1.165) is 35.7 Å². The molecule has 7 heteroatoms. The Kier molecular flexibility index (Phi) is 4.26. The summed E-state index contributed by atoms with van der Waals surface area (Å²) in [7, 11) is 0. The first-order valence-electron chi connectivity index (χ1n) is 6.98. The van der Waals surface area contributed by atoms with E-state index in [0.29, 0.717) is 6.54 Å². The van der Waals surface area contributed by atoms with Crippen molar-refractivity contribution in [3.8, 4) is 11.5 Å². The average molecular weight is 320 g/mol. The molecule has 1 aromatic carbocycles. The smallest absolute Gasteiger partial charge is 0.324 e. The fourth-order valence-electron chi connectivity index (χ4n) is 2.38. The zero-order valence-electron chi connectivity index (χ0n) is 12.2. The molecular formula is C15H16N2O4S. The third-order valence-corrected chi connectivity index (χ3v) is 4.45. The molecule has 0 bridgehead atoms. The largest absolute Gasteiger partial charge is 0.454 e. The molecule has 0 atom stereocenters. The molecule has 0 spiro atoms. The van der Waals surface area contributed by atoms with Crippen molar-refractivity contribution in [2.24, 2.45) is 0 Å². The first-order valence-corrected chi connectivity index (χ1v) is 7.86. The van der Waals surface area contributed by atoms with Gasteiger partial charge < -0.3 is 9.47 Å². The number of nitrogens with zero attached hydrogens (tertiary/aromatic N) is 2. The highest BCUT2D eigenvalue weighted by Gasteiger charge is 2.15. The van der Waals surface area contributed by atoms with Crippen molar-refractivity contribution in [3.63, 3.8) is 0 Å². The highest BCUT2D eigenvalue weighted by molar-refractivity contribution is 7.13. The van der Waals surface area contributed by atoms with Gasteiger partial charge in [0, 0.05) is 24.5 Å². The summed E-state index contributed by atoms with van der Waals surface area (Å²) < 4.78 is 10.7. The minimum atomic E-state index is -0.345. The summed E-state index contributed by atoms with van der Waals surface area (Å²) in [6.45, 7) is 4.66. The van der Waals surface area contributed by atoms with Crippen LogP contribution in [-0.2, 0) is 13.1 Å².